The molecule has 0 aliphatic carbocycles. The lowest BCUT2D eigenvalue weighted by molar-refractivity contribution is 0.260. The normalized spacial score (nSPS) is 12.3. The van der Waals surface area contributed by atoms with E-state index in [0.29, 0.717) is 6.61 Å². The van der Waals surface area contributed by atoms with Crippen LogP contribution in [0.15, 0.2) is 42.7 Å². The van der Waals surface area contributed by atoms with E-state index in [0.717, 1.165) is 37.5 Å². The van der Waals surface area contributed by atoms with Gasteiger partial charge in [0.2, 0.25) is 0 Å². The van der Waals surface area contributed by atoms with Crippen LogP contribution in [0.1, 0.15) is 26.1 Å². The molecule has 1 aromatic carbocycles. The Morgan fingerprint density at radius 2 is 2.05 bits per heavy atom. The molecule has 114 valence electrons. The molecule has 0 aliphatic rings. The molecule has 0 radical (unpaired) electrons. The Kier molecular flexibility index (Phi) is 6.28. The summed E-state index contributed by atoms with van der Waals surface area (Å²) in [5.74, 6) is 2.03. The minimum Gasteiger partial charge on any atom is -0.492 e. The lowest BCUT2D eigenvalue weighted by atomic mass is 10.2. The molecule has 4 heteroatoms. The molecule has 1 aromatic heterocycles. The number of nitrogens with one attached hydrogen (secondary N) is 1. The Labute approximate surface area is 127 Å². The van der Waals surface area contributed by atoms with Gasteiger partial charge in [-0.3, -0.25) is 0 Å². The first kappa shape index (κ1) is 15.6. The Bertz CT molecular complexity index is 510. The average molecular weight is 287 g/mol. The Morgan fingerprint density at radius 1 is 1.24 bits per heavy atom. The van der Waals surface area contributed by atoms with Crippen molar-refractivity contribution in [2.45, 2.75) is 39.3 Å². The van der Waals surface area contributed by atoms with Gasteiger partial charge in [-0.05, 0) is 32.0 Å². The molecule has 21 heavy (non-hydrogen) atoms. The molecule has 1 heterocycles. The van der Waals surface area contributed by atoms with Gasteiger partial charge in [0, 0.05) is 31.4 Å². The molecule has 0 bridgehead atoms. The molecule has 0 aliphatic heterocycles. The van der Waals surface area contributed by atoms with Crippen LogP contribution < -0.4 is 10.1 Å². The monoisotopic (exact) mass is 287 g/mol. The quantitative estimate of drug-likeness (QED) is 0.771. The fraction of sp³-hybridized carbons (Fsp3) is 0.471. The number of imidazole rings is 1. The van der Waals surface area contributed by atoms with E-state index in [2.05, 4.69) is 28.7 Å². The van der Waals surface area contributed by atoms with E-state index in [1.807, 2.05) is 42.7 Å². The van der Waals surface area contributed by atoms with Crippen LogP contribution in [0.4, 0.5) is 0 Å². The lowest BCUT2D eigenvalue weighted by Crippen LogP contribution is -2.37. The number of rotatable bonds is 9. The zero-order valence-electron chi connectivity index (χ0n) is 13.0. The van der Waals surface area contributed by atoms with Crippen LogP contribution in [0.5, 0.6) is 5.75 Å². The standard InChI is InChI=1S/C17H25N3O/c1-3-10-18-15(13-17-19-11-12-20(17)4-2)14-21-16-8-6-5-7-9-16/h5-9,11-12,15,18H,3-4,10,13-14H2,1-2H3. The molecular weight excluding hydrogens is 262 g/mol. The van der Waals surface area contributed by atoms with E-state index in [9.17, 15) is 0 Å². The van der Waals surface area contributed by atoms with E-state index >= 15 is 0 Å². The van der Waals surface area contributed by atoms with Crippen LogP contribution in [-0.2, 0) is 13.0 Å². The molecule has 2 aromatic rings. The second kappa shape index (κ2) is 8.47. The van der Waals surface area contributed by atoms with Gasteiger partial charge < -0.3 is 14.6 Å². The first-order chi connectivity index (χ1) is 10.3. The molecule has 0 spiro atoms. The van der Waals surface area contributed by atoms with Crippen molar-refractivity contribution in [1.82, 2.24) is 14.9 Å². The maximum Gasteiger partial charge on any atom is 0.119 e. The SMILES string of the molecule is CCCNC(COc1ccccc1)Cc1nccn1CC. The highest BCUT2D eigenvalue weighted by Crippen LogP contribution is 2.10. The molecule has 1 N–H and O–H groups in total. The summed E-state index contributed by atoms with van der Waals surface area (Å²) in [5, 5.41) is 3.55. The molecule has 1 unspecified atom stereocenters. The van der Waals surface area contributed by atoms with Crippen molar-refractivity contribution in [2.24, 2.45) is 0 Å². The molecular formula is C17H25N3O. The van der Waals surface area contributed by atoms with Crippen LogP contribution in [-0.4, -0.2) is 28.7 Å². The van der Waals surface area contributed by atoms with Gasteiger partial charge in [-0.25, -0.2) is 4.98 Å². The van der Waals surface area contributed by atoms with Crippen LogP contribution in [0.3, 0.4) is 0 Å². The van der Waals surface area contributed by atoms with Gasteiger partial charge in [-0.1, -0.05) is 25.1 Å². The Balaban J connectivity index is 1.94. The highest BCUT2D eigenvalue weighted by Gasteiger charge is 2.13. The molecule has 1 atom stereocenters. The van der Waals surface area contributed by atoms with E-state index in [-0.39, 0.29) is 6.04 Å². The van der Waals surface area contributed by atoms with E-state index < -0.39 is 0 Å². The molecule has 0 amide bonds. The summed E-state index contributed by atoms with van der Waals surface area (Å²) in [4.78, 5) is 4.46. The average Bonchev–Trinajstić information content (AvgIpc) is 2.98. The minimum atomic E-state index is 0.276. The van der Waals surface area contributed by atoms with E-state index in [1.54, 1.807) is 0 Å². The van der Waals surface area contributed by atoms with Gasteiger partial charge in [0.25, 0.3) is 0 Å². The number of hydrogen-bond acceptors (Lipinski definition) is 3. The summed E-state index contributed by atoms with van der Waals surface area (Å²) in [7, 11) is 0. The molecule has 2 rings (SSSR count). The predicted octanol–water partition coefficient (Wildman–Crippen LogP) is 2.89. The highest BCUT2D eigenvalue weighted by atomic mass is 16.5. The predicted molar refractivity (Wildman–Crippen MR) is 85.6 cm³/mol. The topological polar surface area (TPSA) is 39.1 Å². The van der Waals surface area contributed by atoms with Crippen molar-refractivity contribution in [3.05, 3.63) is 48.5 Å². The Hall–Kier alpha value is -1.81. The maximum atomic E-state index is 5.89. The summed E-state index contributed by atoms with van der Waals surface area (Å²) < 4.78 is 8.07. The molecule has 0 saturated carbocycles. The van der Waals surface area contributed by atoms with Gasteiger partial charge in [-0.15, -0.1) is 0 Å². The first-order valence-corrected chi connectivity index (χ1v) is 7.74. The van der Waals surface area contributed by atoms with Crippen molar-refractivity contribution in [3.63, 3.8) is 0 Å². The Morgan fingerprint density at radius 3 is 2.76 bits per heavy atom. The van der Waals surface area contributed by atoms with E-state index in [1.165, 1.54) is 0 Å². The third-order valence-electron chi connectivity index (χ3n) is 3.45. The number of ether oxygens (including phenoxy) is 1. The van der Waals surface area contributed by atoms with Crippen LogP contribution in [0.2, 0.25) is 0 Å². The first-order valence-electron chi connectivity index (χ1n) is 7.74. The van der Waals surface area contributed by atoms with Crippen LogP contribution in [0, 0.1) is 0 Å². The molecule has 4 nitrogen and oxygen atoms in total. The number of para-hydroxylation sites is 1. The summed E-state index contributed by atoms with van der Waals surface area (Å²) >= 11 is 0. The fourth-order valence-electron chi connectivity index (χ4n) is 2.29. The minimum absolute atomic E-state index is 0.276. The third kappa shape index (κ3) is 4.90. The zero-order chi connectivity index (χ0) is 14.9. The fourth-order valence-corrected chi connectivity index (χ4v) is 2.29. The van der Waals surface area contributed by atoms with Gasteiger partial charge >= 0.3 is 0 Å². The van der Waals surface area contributed by atoms with Crippen LogP contribution >= 0.6 is 0 Å². The van der Waals surface area contributed by atoms with Crippen molar-refractivity contribution >= 4 is 0 Å². The number of nitrogens with zero attached hydrogens (tertiary/aromatic N) is 2. The van der Waals surface area contributed by atoms with Crippen LogP contribution in [0.25, 0.3) is 0 Å². The molecule has 0 saturated heterocycles. The largest absolute Gasteiger partial charge is 0.492 e. The third-order valence-corrected chi connectivity index (χ3v) is 3.45. The van der Waals surface area contributed by atoms with Crippen molar-refractivity contribution < 1.29 is 4.74 Å². The number of benzene rings is 1. The summed E-state index contributed by atoms with van der Waals surface area (Å²) in [6.45, 7) is 6.92. The number of aromatic nitrogens is 2. The summed E-state index contributed by atoms with van der Waals surface area (Å²) in [6.07, 6.45) is 5.90. The van der Waals surface area contributed by atoms with Gasteiger partial charge in [0.05, 0.1) is 0 Å². The second-order valence-electron chi connectivity index (χ2n) is 5.11. The van der Waals surface area contributed by atoms with Gasteiger partial charge in [0.15, 0.2) is 0 Å². The maximum absolute atomic E-state index is 5.89. The van der Waals surface area contributed by atoms with Crippen molar-refractivity contribution in [3.8, 4) is 5.75 Å². The number of aryl methyl sites for hydroxylation is 1. The molecule has 0 fully saturated rings. The highest BCUT2D eigenvalue weighted by molar-refractivity contribution is 5.21. The second-order valence-corrected chi connectivity index (χ2v) is 5.11. The lowest BCUT2D eigenvalue weighted by Gasteiger charge is -2.19. The van der Waals surface area contributed by atoms with E-state index in [4.69, 9.17) is 4.74 Å². The zero-order valence-corrected chi connectivity index (χ0v) is 13.0. The number of hydrogen-bond donors (Lipinski definition) is 1. The van der Waals surface area contributed by atoms with Gasteiger partial charge in [-0.2, -0.15) is 0 Å². The summed E-state index contributed by atoms with van der Waals surface area (Å²) in [6, 6.07) is 10.2. The van der Waals surface area contributed by atoms with Gasteiger partial charge in [0.1, 0.15) is 18.2 Å². The van der Waals surface area contributed by atoms with Crippen molar-refractivity contribution in [1.29, 1.82) is 0 Å². The smallest absolute Gasteiger partial charge is 0.119 e. The van der Waals surface area contributed by atoms with Crippen molar-refractivity contribution in [2.75, 3.05) is 13.2 Å². The summed E-state index contributed by atoms with van der Waals surface area (Å²) in [5.41, 5.74) is 0.